The van der Waals surface area contributed by atoms with E-state index in [1.54, 1.807) is 65.9 Å². The van der Waals surface area contributed by atoms with Crippen molar-refractivity contribution in [1.29, 1.82) is 0 Å². The van der Waals surface area contributed by atoms with Gasteiger partial charge in [0.1, 0.15) is 17.9 Å². The minimum atomic E-state index is -0.230. The molecule has 7 heteroatoms. The smallest absolute Gasteiger partial charge is 0.224 e. The lowest BCUT2D eigenvalue weighted by molar-refractivity contribution is -0.116. The maximum absolute atomic E-state index is 12.2. The van der Waals surface area contributed by atoms with Crippen molar-refractivity contribution < 1.29 is 14.3 Å². The van der Waals surface area contributed by atoms with Crippen LogP contribution in [0, 0.1) is 0 Å². The van der Waals surface area contributed by atoms with Crippen molar-refractivity contribution >= 4 is 17.4 Å². The summed E-state index contributed by atoms with van der Waals surface area (Å²) >= 11 is 0. The van der Waals surface area contributed by atoms with Gasteiger partial charge in [-0.15, -0.1) is 0 Å². The van der Waals surface area contributed by atoms with Crippen LogP contribution in [0.25, 0.3) is 5.82 Å². The molecular formula is C20H20N4O3. The highest BCUT2D eigenvalue weighted by atomic mass is 16.5. The van der Waals surface area contributed by atoms with Gasteiger partial charge in [-0.3, -0.25) is 14.2 Å². The molecule has 1 N–H and O–H groups in total. The number of ether oxygens (including phenoxy) is 1. The number of rotatable bonds is 8. The van der Waals surface area contributed by atoms with Crippen molar-refractivity contribution in [1.82, 2.24) is 14.5 Å². The zero-order valence-corrected chi connectivity index (χ0v) is 15.0. The van der Waals surface area contributed by atoms with Crippen LogP contribution in [0.5, 0.6) is 5.75 Å². The molecule has 0 saturated carbocycles. The van der Waals surface area contributed by atoms with Gasteiger partial charge in [-0.1, -0.05) is 0 Å². The van der Waals surface area contributed by atoms with Crippen molar-refractivity contribution in [2.75, 3.05) is 11.9 Å². The molecule has 2 aromatic heterocycles. The van der Waals surface area contributed by atoms with Crippen LogP contribution in [0.2, 0.25) is 0 Å². The average Bonchev–Trinajstić information content (AvgIpc) is 3.22. The number of hydrogen-bond donors (Lipinski definition) is 1. The number of benzene rings is 1. The lowest BCUT2D eigenvalue weighted by Gasteiger charge is -2.07. The Hall–Kier alpha value is -3.48. The molecule has 2 heterocycles. The van der Waals surface area contributed by atoms with Gasteiger partial charge in [0.2, 0.25) is 5.91 Å². The summed E-state index contributed by atoms with van der Waals surface area (Å²) in [5, 5.41) is 2.75. The number of Topliss-reactive ketones (excluding diaryl/α,β-unsaturated/α-hetero) is 1. The fraction of sp³-hybridized carbons (Fsp3) is 0.200. The second-order valence-corrected chi connectivity index (χ2v) is 5.80. The van der Waals surface area contributed by atoms with Crippen LogP contribution in [-0.2, 0) is 4.79 Å². The predicted molar refractivity (Wildman–Crippen MR) is 101 cm³/mol. The number of aromatic nitrogens is 3. The second kappa shape index (κ2) is 8.75. The fourth-order valence-corrected chi connectivity index (χ4v) is 2.51. The van der Waals surface area contributed by atoms with Crippen LogP contribution in [0.3, 0.4) is 0 Å². The van der Waals surface area contributed by atoms with Gasteiger partial charge in [-0.05, 0) is 43.3 Å². The first kappa shape index (κ1) is 18.3. The maximum atomic E-state index is 12.2. The van der Waals surface area contributed by atoms with Crippen molar-refractivity contribution in [3.05, 3.63) is 66.9 Å². The molecule has 1 amide bonds. The molecule has 0 saturated heterocycles. The molecule has 0 aliphatic carbocycles. The zero-order valence-electron chi connectivity index (χ0n) is 15.0. The van der Waals surface area contributed by atoms with Gasteiger partial charge in [-0.2, -0.15) is 0 Å². The maximum Gasteiger partial charge on any atom is 0.224 e. The van der Waals surface area contributed by atoms with E-state index in [2.05, 4.69) is 15.3 Å². The van der Waals surface area contributed by atoms with Crippen molar-refractivity contribution in [2.45, 2.75) is 19.8 Å². The fourth-order valence-electron chi connectivity index (χ4n) is 2.51. The van der Waals surface area contributed by atoms with Crippen LogP contribution in [-0.4, -0.2) is 32.8 Å². The number of carbonyl (C=O) groups excluding carboxylic acids is 2. The Labute approximate surface area is 157 Å². The van der Waals surface area contributed by atoms with Crippen LogP contribution in [0.4, 0.5) is 5.69 Å². The molecular weight excluding hydrogens is 344 g/mol. The van der Waals surface area contributed by atoms with Crippen molar-refractivity contribution in [3.8, 4) is 11.6 Å². The molecule has 0 aliphatic rings. The molecule has 0 aliphatic heterocycles. The number of ketones is 1. The van der Waals surface area contributed by atoms with E-state index in [-0.39, 0.29) is 24.5 Å². The third kappa shape index (κ3) is 5.01. The first-order chi connectivity index (χ1) is 13.2. The molecule has 1 aromatic carbocycles. The van der Waals surface area contributed by atoms with Crippen molar-refractivity contribution in [3.63, 3.8) is 0 Å². The molecule has 0 spiro atoms. The molecule has 0 unspecified atom stereocenters. The Morgan fingerprint density at radius 3 is 2.56 bits per heavy atom. The number of carbonyl (C=O) groups is 2. The number of amides is 1. The van der Waals surface area contributed by atoms with Gasteiger partial charge in [0, 0.05) is 30.8 Å². The van der Waals surface area contributed by atoms with E-state index in [4.69, 9.17) is 4.74 Å². The highest BCUT2D eigenvalue weighted by Gasteiger charge is 2.10. The van der Waals surface area contributed by atoms with E-state index in [0.717, 1.165) is 5.75 Å². The highest BCUT2D eigenvalue weighted by molar-refractivity contribution is 6.00. The van der Waals surface area contributed by atoms with E-state index in [9.17, 15) is 9.59 Å². The lowest BCUT2D eigenvalue weighted by Crippen LogP contribution is -2.13. The molecule has 3 aromatic rings. The van der Waals surface area contributed by atoms with E-state index in [1.165, 1.54) is 0 Å². The average molecular weight is 364 g/mol. The second-order valence-electron chi connectivity index (χ2n) is 5.80. The van der Waals surface area contributed by atoms with Gasteiger partial charge in [-0.25, -0.2) is 9.97 Å². The molecule has 0 fully saturated rings. The Morgan fingerprint density at radius 2 is 1.93 bits per heavy atom. The first-order valence-electron chi connectivity index (χ1n) is 8.66. The van der Waals surface area contributed by atoms with Gasteiger partial charge in [0.15, 0.2) is 5.78 Å². The first-order valence-corrected chi connectivity index (χ1v) is 8.66. The van der Waals surface area contributed by atoms with Crippen LogP contribution < -0.4 is 10.1 Å². The summed E-state index contributed by atoms with van der Waals surface area (Å²) < 4.78 is 7.12. The Kier molecular flexibility index (Phi) is 5.94. The highest BCUT2D eigenvalue weighted by Crippen LogP contribution is 2.15. The number of nitrogens with zero attached hydrogens (tertiary/aromatic N) is 3. The number of nitrogens with one attached hydrogen (secondary N) is 1. The molecule has 0 radical (unpaired) electrons. The third-order valence-electron chi connectivity index (χ3n) is 3.87. The number of pyridine rings is 1. The molecule has 7 nitrogen and oxygen atoms in total. The summed E-state index contributed by atoms with van der Waals surface area (Å²) in [7, 11) is 0. The third-order valence-corrected chi connectivity index (χ3v) is 3.87. The molecule has 138 valence electrons. The zero-order chi connectivity index (χ0) is 19.1. The van der Waals surface area contributed by atoms with E-state index in [0.29, 0.717) is 23.7 Å². The number of hydrogen-bond acceptors (Lipinski definition) is 5. The number of anilines is 1. The lowest BCUT2D eigenvalue weighted by atomic mass is 10.1. The van der Waals surface area contributed by atoms with Crippen LogP contribution in [0.15, 0.2) is 61.3 Å². The summed E-state index contributed by atoms with van der Waals surface area (Å²) in [6, 6.07) is 10.5. The van der Waals surface area contributed by atoms with Gasteiger partial charge < -0.3 is 10.1 Å². The summed E-state index contributed by atoms with van der Waals surface area (Å²) in [5.74, 6) is 1.11. The Balaban J connectivity index is 1.49. The standard InChI is InChI=1S/C20H20N4O3/c1-2-27-17-6-3-15(4-7-17)18(25)8-10-20(26)23-16-5-9-19(22-13-16)24-12-11-21-14-24/h3-7,9,11-14H,2,8,10H2,1H3,(H,23,26). The minimum absolute atomic E-state index is 0.0817. The van der Waals surface area contributed by atoms with E-state index >= 15 is 0 Å². The van der Waals surface area contributed by atoms with Crippen molar-refractivity contribution in [2.24, 2.45) is 0 Å². The van der Waals surface area contributed by atoms with Crippen LogP contribution in [0.1, 0.15) is 30.1 Å². The van der Waals surface area contributed by atoms with Gasteiger partial charge >= 0.3 is 0 Å². The monoisotopic (exact) mass is 364 g/mol. The van der Waals surface area contributed by atoms with E-state index < -0.39 is 0 Å². The number of imidazole rings is 1. The van der Waals surface area contributed by atoms with Gasteiger partial charge in [0.25, 0.3) is 0 Å². The quantitative estimate of drug-likeness (QED) is 0.620. The summed E-state index contributed by atoms with van der Waals surface area (Å²) in [4.78, 5) is 32.5. The molecule has 3 rings (SSSR count). The topological polar surface area (TPSA) is 86.1 Å². The van der Waals surface area contributed by atoms with Gasteiger partial charge in [0.05, 0.1) is 18.5 Å². The molecule has 0 atom stereocenters. The predicted octanol–water partition coefficient (Wildman–Crippen LogP) is 3.27. The molecule has 0 bridgehead atoms. The summed E-state index contributed by atoms with van der Waals surface area (Å²) in [5.41, 5.74) is 1.15. The summed E-state index contributed by atoms with van der Waals surface area (Å²) in [6.07, 6.45) is 6.91. The SMILES string of the molecule is CCOc1ccc(C(=O)CCC(=O)Nc2ccc(-n3ccnc3)nc2)cc1. The summed E-state index contributed by atoms with van der Waals surface area (Å²) in [6.45, 7) is 2.48. The normalized spacial score (nSPS) is 10.4. The Bertz CT molecular complexity index is 888. The minimum Gasteiger partial charge on any atom is -0.494 e. The van der Waals surface area contributed by atoms with E-state index in [1.807, 2.05) is 6.92 Å². The largest absolute Gasteiger partial charge is 0.494 e. The Morgan fingerprint density at radius 1 is 1.11 bits per heavy atom. The molecule has 27 heavy (non-hydrogen) atoms. The van der Waals surface area contributed by atoms with Crippen LogP contribution >= 0.6 is 0 Å².